The lowest BCUT2D eigenvalue weighted by atomic mass is 10.2. The van der Waals surface area contributed by atoms with E-state index < -0.39 is 27.4 Å². The minimum Gasteiger partial charge on any atom is -0.455 e. The van der Waals surface area contributed by atoms with Crippen molar-refractivity contribution >= 4 is 38.4 Å². The second kappa shape index (κ2) is 8.55. The van der Waals surface area contributed by atoms with E-state index in [0.717, 1.165) is 18.2 Å². The maximum absolute atomic E-state index is 13.9. The average Bonchev–Trinajstić information content (AvgIpc) is 3.08. The molecule has 1 amide bonds. The quantitative estimate of drug-likeness (QED) is 0.693. The molecule has 0 aliphatic heterocycles. The van der Waals surface area contributed by atoms with E-state index in [4.69, 9.17) is 4.74 Å². The molecular weight excluding hydrogens is 397 g/mol. The zero-order valence-electron chi connectivity index (χ0n) is 14.9. The molecule has 0 fully saturated rings. The van der Waals surface area contributed by atoms with Crippen LogP contribution in [0, 0.1) is 5.82 Å². The van der Waals surface area contributed by atoms with E-state index in [2.05, 4.69) is 9.71 Å². The zero-order valence-corrected chi connectivity index (χ0v) is 16.5. The van der Waals surface area contributed by atoms with E-state index in [1.54, 1.807) is 12.3 Å². The Morgan fingerprint density at radius 3 is 2.67 bits per heavy atom. The minimum absolute atomic E-state index is 0.167. The van der Waals surface area contributed by atoms with Gasteiger partial charge in [-0.3, -0.25) is 9.69 Å². The van der Waals surface area contributed by atoms with Crippen molar-refractivity contribution in [2.24, 2.45) is 0 Å². The summed E-state index contributed by atoms with van der Waals surface area (Å²) in [5, 5.41) is 2.08. The van der Waals surface area contributed by atoms with Crippen LogP contribution in [0.4, 0.5) is 9.52 Å². The van der Waals surface area contributed by atoms with Crippen molar-refractivity contribution < 1.29 is 27.1 Å². The van der Waals surface area contributed by atoms with Gasteiger partial charge in [-0.05, 0) is 32.2 Å². The van der Waals surface area contributed by atoms with Gasteiger partial charge in [0.05, 0.1) is 16.2 Å². The second-order valence-corrected chi connectivity index (χ2v) is 8.03. The minimum atomic E-state index is -3.83. The molecule has 0 saturated heterocycles. The molecule has 0 aliphatic rings. The van der Waals surface area contributed by atoms with Crippen molar-refractivity contribution in [2.45, 2.75) is 25.3 Å². The van der Waals surface area contributed by atoms with Gasteiger partial charge in [0.15, 0.2) is 5.13 Å². The molecule has 1 heterocycles. The summed E-state index contributed by atoms with van der Waals surface area (Å²) in [6.07, 6.45) is 0. The highest BCUT2D eigenvalue weighted by Gasteiger charge is 2.20. The Kier molecular flexibility index (Phi) is 6.63. The number of rotatable bonds is 7. The van der Waals surface area contributed by atoms with Gasteiger partial charge in [-0.2, -0.15) is 0 Å². The van der Waals surface area contributed by atoms with Gasteiger partial charge >= 0.3 is 5.97 Å². The van der Waals surface area contributed by atoms with Crippen molar-refractivity contribution in [3.05, 3.63) is 40.7 Å². The van der Waals surface area contributed by atoms with Crippen molar-refractivity contribution in [1.29, 1.82) is 0 Å². The summed E-state index contributed by atoms with van der Waals surface area (Å²) < 4.78 is 44.6. The van der Waals surface area contributed by atoms with Gasteiger partial charge in [-0.1, -0.05) is 0 Å². The summed E-state index contributed by atoms with van der Waals surface area (Å²) in [5.74, 6) is -2.09. The van der Waals surface area contributed by atoms with Crippen LogP contribution >= 0.6 is 11.3 Å². The Morgan fingerprint density at radius 1 is 1.37 bits per heavy atom. The molecule has 0 aliphatic carbocycles. The molecule has 0 unspecified atom stereocenters. The lowest BCUT2D eigenvalue weighted by molar-refractivity contribution is -0.116. The number of aromatic nitrogens is 1. The van der Waals surface area contributed by atoms with Crippen LogP contribution in [-0.2, 0) is 26.2 Å². The number of esters is 1. The molecule has 1 aromatic carbocycles. The fourth-order valence-corrected chi connectivity index (χ4v) is 3.82. The molecule has 146 valence electrons. The SMILES string of the molecule is CCN(C(C)=O)c1nc(COC(=O)c2cc(S(=O)(=O)NC)ccc2F)cs1. The summed E-state index contributed by atoms with van der Waals surface area (Å²) in [6, 6.07) is 2.84. The number of anilines is 1. The van der Waals surface area contributed by atoms with Crippen molar-refractivity contribution in [3.63, 3.8) is 0 Å². The molecule has 0 radical (unpaired) electrons. The van der Waals surface area contributed by atoms with E-state index in [0.29, 0.717) is 17.4 Å². The third-order valence-electron chi connectivity index (χ3n) is 3.55. The number of hydrogen-bond donors (Lipinski definition) is 1. The van der Waals surface area contributed by atoms with Crippen LogP contribution < -0.4 is 9.62 Å². The zero-order chi connectivity index (χ0) is 20.2. The van der Waals surface area contributed by atoms with Crippen molar-refractivity contribution in [3.8, 4) is 0 Å². The summed E-state index contributed by atoms with van der Waals surface area (Å²) >= 11 is 1.21. The number of sulfonamides is 1. The van der Waals surface area contributed by atoms with Crippen LogP contribution in [0.1, 0.15) is 29.9 Å². The lowest BCUT2D eigenvalue weighted by Crippen LogP contribution is -2.27. The first-order valence-corrected chi connectivity index (χ1v) is 10.2. The number of nitrogens with zero attached hydrogens (tertiary/aromatic N) is 2. The summed E-state index contributed by atoms with van der Waals surface area (Å²) in [5.41, 5.74) is -0.108. The van der Waals surface area contributed by atoms with Crippen LogP contribution in [0.5, 0.6) is 0 Å². The van der Waals surface area contributed by atoms with Crippen LogP contribution in [0.25, 0.3) is 0 Å². The van der Waals surface area contributed by atoms with Gasteiger partial charge < -0.3 is 4.74 Å². The Hall–Kier alpha value is -2.37. The molecule has 1 aromatic heterocycles. The Bertz CT molecular complexity index is 959. The van der Waals surface area contributed by atoms with Crippen molar-refractivity contribution in [1.82, 2.24) is 9.71 Å². The number of hydrogen-bond acceptors (Lipinski definition) is 7. The molecule has 1 N–H and O–H groups in total. The number of thiazole rings is 1. The van der Waals surface area contributed by atoms with Crippen LogP contribution in [0.15, 0.2) is 28.5 Å². The van der Waals surface area contributed by atoms with Crippen LogP contribution in [0.3, 0.4) is 0 Å². The Morgan fingerprint density at radius 2 is 2.07 bits per heavy atom. The van der Waals surface area contributed by atoms with E-state index >= 15 is 0 Å². The van der Waals surface area contributed by atoms with Gasteiger partial charge in [-0.15, -0.1) is 11.3 Å². The molecule has 0 spiro atoms. The normalized spacial score (nSPS) is 11.3. The first-order chi connectivity index (χ1) is 12.7. The molecule has 0 saturated carbocycles. The summed E-state index contributed by atoms with van der Waals surface area (Å²) in [6.45, 7) is 3.42. The van der Waals surface area contributed by atoms with Gasteiger partial charge in [0, 0.05) is 18.8 Å². The van der Waals surface area contributed by atoms with E-state index in [-0.39, 0.29) is 17.4 Å². The van der Waals surface area contributed by atoms with Gasteiger partial charge in [0.2, 0.25) is 15.9 Å². The third kappa shape index (κ3) is 4.87. The van der Waals surface area contributed by atoms with Crippen LogP contribution in [-0.4, -0.2) is 38.9 Å². The molecule has 0 bridgehead atoms. The monoisotopic (exact) mass is 415 g/mol. The first kappa shape index (κ1) is 20.9. The number of carbonyl (C=O) groups excluding carboxylic acids is 2. The van der Waals surface area contributed by atoms with E-state index in [1.807, 2.05) is 0 Å². The Labute approximate surface area is 160 Å². The molecular formula is C16H18FN3O5S2. The molecule has 2 rings (SSSR count). The predicted molar refractivity (Wildman–Crippen MR) is 97.6 cm³/mol. The Balaban J connectivity index is 2.14. The number of carbonyl (C=O) groups is 2. The third-order valence-corrected chi connectivity index (χ3v) is 5.88. The fraction of sp³-hybridized carbons (Fsp3) is 0.312. The molecule has 2 aromatic rings. The summed E-state index contributed by atoms with van der Waals surface area (Å²) in [7, 11) is -2.62. The second-order valence-electron chi connectivity index (χ2n) is 5.31. The first-order valence-electron chi connectivity index (χ1n) is 7.82. The molecule has 0 atom stereocenters. The fourth-order valence-electron chi connectivity index (χ4n) is 2.14. The standard InChI is InChI=1S/C16H18FN3O5S2/c1-4-20(10(2)21)16-19-11(9-26-16)8-25-15(22)13-7-12(5-6-14(13)17)27(23,24)18-3/h5-7,9,18H,4,8H2,1-3H3. The number of ether oxygens (including phenoxy) is 1. The highest BCUT2D eigenvalue weighted by Crippen LogP contribution is 2.22. The lowest BCUT2D eigenvalue weighted by Gasteiger charge is -2.14. The maximum atomic E-state index is 13.9. The van der Waals surface area contributed by atoms with E-state index in [9.17, 15) is 22.4 Å². The average molecular weight is 415 g/mol. The van der Waals surface area contributed by atoms with Gasteiger partial charge in [0.1, 0.15) is 12.4 Å². The van der Waals surface area contributed by atoms with Gasteiger partial charge in [-0.25, -0.2) is 27.3 Å². The summed E-state index contributed by atoms with van der Waals surface area (Å²) in [4.78, 5) is 29.1. The number of benzene rings is 1. The highest BCUT2D eigenvalue weighted by atomic mass is 32.2. The smallest absolute Gasteiger partial charge is 0.341 e. The van der Waals surface area contributed by atoms with Gasteiger partial charge in [0.25, 0.3) is 0 Å². The number of halogens is 1. The number of amides is 1. The largest absolute Gasteiger partial charge is 0.455 e. The van der Waals surface area contributed by atoms with E-state index in [1.165, 1.54) is 30.2 Å². The van der Waals surface area contributed by atoms with Crippen LogP contribution in [0.2, 0.25) is 0 Å². The number of nitrogens with one attached hydrogen (secondary N) is 1. The maximum Gasteiger partial charge on any atom is 0.341 e. The molecule has 11 heteroatoms. The molecule has 8 nitrogen and oxygen atoms in total. The predicted octanol–water partition coefficient (Wildman–Crippen LogP) is 1.92. The highest BCUT2D eigenvalue weighted by molar-refractivity contribution is 7.89. The molecule has 27 heavy (non-hydrogen) atoms. The topological polar surface area (TPSA) is 106 Å². The van der Waals surface area contributed by atoms with Crippen molar-refractivity contribution in [2.75, 3.05) is 18.5 Å².